The maximum atomic E-state index is 13.6. The molecule has 1 aromatic heterocycles. The quantitative estimate of drug-likeness (QED) is 0.434. The lowest BCUT2D eigenvalue weighted by molar-refractivity contribution is -0.386. The number of carbonyl (C=O) groups excluding carboxylic acids is 3. The van der Waals surface area contributed by atoms with Crippen molar-refractivity contribution in [3.05, 3.63) is 65.1 Å². The fourth-order valence-corrected chi connectivity index (χ4v) is 5.06. The van der Waals surface area contributed by atoms with E-state index in [1.165, 1.54) is 7.11 Å². The van der Waals surface area contributed by atoms with E-state index in [0.717, 1.165) is 40.9 Å². The third kappa shape index (κ3) is 5.05. The monoisotopic (exact) mass is 503 g/mol. The number of rotatable bonds is 3. The number of nitrogens with one attached hydrogen (secondary N) is 3. The lowest BCUT2D eigenvalue weighted by atomic mass is 9.94. The van der Waals surface area contributed by atoms with Gasteiger partial charge in [0, 0.05) is 35.3 Å². The van der Waals surface area contributed by atoms with E-state index in [-0.39, 0.29) is 17.9 Å². The van der Waals surface area contributed by atoms with Crippen LogP contribution >= 0.6 is 0 Å². The van der Waals surface area contributed by atoms with Crippen LogP contribution in [-0.4, -0.2) is 46.4 Å². The molecule has 5 rings (SSSR count). The maximum Gasteiger partial charge on any atom is 0.411 e. The number of anilines is 2. The van der Waals surface area contributed by atoms with Gasteiger partial charge in [0.15, 0.2) is 0 Å². The Bertz CT molecular complexity index is 1350. The summed E-state index contributed by atoms with van der Waals surface area (Å²) >= 11 is 0. The second kappa shape index (κ2) is 10.4. The summed E-state index contributed by atoms with van der Waals surface area (Å²) in [5.74, 6) is 0.608. The molecular weight excluding hydrogens is 472 g/mol. The van der Waals surface area contributed by atoms with Crippen molar-refractivity contribution in [1.29, 1.82) is 0 Å². The zero-order chi connectivity index (χ0) is 25.9. The smallest absolute Gasteiger partial charge is 0.411 e. The molecule has 2 aliphatic rings. The third-order valence-electron chi connectivity index (χ3n) is 7.01. The van der Waals surface area contributed by atoms with E-state index in [1.807, 2.05) is 17.0 Å². The Morgan fingerprint density at radius 1 is 1.16 bits per heavy atom. The number of ether oxygens (including phenoxy) is 1. The summed E-state index contributed by atoms with van der Waals surface area (Å²) in [6, 6.07) is 11.0. The average Bonchev–Trinajstić information content (AvgIpc) is 3.38. The van der Waals surface area contributed by atoms with Crippen molar-refractivity contribution in [2.75, 3.05) is 24.3 Å². The van der Waals surface area contributed by atoms with E-state index in [1.54, 1.807) is 24.4 Å². The highest BCUT2D eigenvalue weighted by Gasteiger charge is 2.32. The van der Waals surface area contributed by atoms with Crippen LogP contribution in [0.4, 0.5) is 16.2 Å². The molecule has 10 heteroatoms. The molecule has 6 N–H and O–H groups in total. The van der Waals surface area contributed by atoms with Crippen molar-refractivity contribution in [2.45, 2.75) is 44.7 Å². The normalized spacial score (nSPS) is 17.6. The number of aromatic amines is 1. The largest absolute Gasteiger partial charge is 0.453 e. The summed E-state index contributed by atoms with van der Waals surface area (Å²) < 4.78 is 4.68. The molecular formula is C27H31N6O4+. The van der Waals surface area contributed by atoms with Crippen LogP contribution in [0, 0.1) is 0 Å². The van der Waals surface area contributed by atoms with Crippen molar-refractivity contribution < 1.29 is 24.9 Å². The Morgan fingerprint density at radius 3 is 2.81 bits per heavy atom. The first-order valence-electron chi connectivity index (χ1n) is 12.5. The van der Waals surface area contributed by atoms with Crippen molar-refractivity contribution in [3.63, 3.8) is 0 Å². The van der Waals surface area contributed by atoms with Gasteiger partial charge in [-0.2, -0.15) is 0 Å². The molecule has 3 aromatic rings. The first-order chi connectivity index (χ1) is 18.0. The van der Waals surface area contributed by atoms with Gasteiger partial charge in [-0.25, -0.2) is 9.78 Å². The van der Waals surface area contributed by atoms with Gasteiger partial charge in [-0.05, 0) is 55.2 Å². The standard InChI is InChI=1S/C27H30N6O4/c1-37-27(36)30-18-7-9-20-21(13-18)31-24(34)5-3-2-4-23(25-29-15-22(20)32-25)33-11-10-17-12-16(14-28)6-8-19(17)26(33)35/h6-9,12-13,15,23H,2-5,10-11,14,28H2,1H3,(H,29,32)(H,30,36)(H,31,34)/p+1/t23-/m0/s1. The Kier molecular flexibility index (Phi) is 6.91. The van der Waals surface area contributed by atoms with Gasteiger partial charge in [0.05, 0.1) is 37.3 Å². The molecule has 0 saturated carbocycles. The molecule has 0 radical (unpaired) electrons. The van der Waals surface area contributed by atoms with Crippen LogP contribution in [0.15, 0.2) is 42.6 Å². The molecule has 0 unspecified atom stereocenters. The number of imidazole rings is 1. The second-order valence-corrected chi connectivity index (χ2v) is 9.36. The molecule has 2 aliphatic heterocycles. The Labute approximate surface area is 214 Å². The highest BCUT2D eigenvalue weighted by molar-refractivity contribution is 5.98. The highest BCUT2D eigenvalue weighted by atomic mass is 16.5. The third-order valence-corrected chi connectivity index (χ3v) is 7.01. The molecule has 2 aromatic carbocycles. The number of benzene rings is 2. The number of hydrogen-bond acceptors (Lipinski definition) is 5. The van der Waals surface area contributed by atoms with Crippen molar-refractivity contribution >= 4 is 29.3 Å². The zero-order valence-electron chi connectivity index (χ0n) is 20.8. The van der Waals surface area contributed by atoms with Gasteiger partial charge in [-0.3, -0.25) is 14.9 Å². The van der Waals surface area contributed by atoms with Crippen LogP contribution in [0.1, 0.15) is 59.0 Å². The van der Waals surface area contributed by atoms with Crippen LogP contribution in [0.2, 0.25) is 0 Å². The summed E-state index contributed by atoms with van der Waals surface area (Å²) in [6.07, 6.45) is 4.40. The number of methoxy groups -OCH3 is 1. The summed E-state index contributed by atoms with van der Waals surface area (Å²) in [6.45, 7) is 1.30. The summed E-state index contributed by atoms with van der Waals surface area (Å²) in [5.41, 5.74) is 9.38. The van der Waals surface area contributed by atoms with Crippen LogP contribution < -0.4 is 16.4 Å². The van der Waals surface area contributed by atoms with E-state index in [0.29, 0.717) is 49.4 Å². The zero-order valence-corrected chi connectivity index (χ0v) is 20.8. The number of nitrogens with zero attached hydrogens (tertiary/aromatic N) is 2. The molecule has 0 aliphatic carbocycles. The van der Waals surface area contributed by atoms with E-state index in [2.05, 4.69) is 37.1 Å². The first-order valence-corrected chi connectivity index (χ1v) is 12.5. The van der Waals surface area contributed by atoms with E-state index in [4.69, 9.17) is 0 Å². The number of quaternary nitrogens is 1. The molecule has 192 valence electrons. The molecule has 3 heterocycles. The SMILES string of the molecule is COC(=O)Nc1ccc2c(c1)NC(=O)CCCC[C@H](N1CCc3cc(C[NH3+])ccc3C1=O)c1ncc-2[nH]1. The summed E-state index contributed by atoms with van der Waals surface area (Å²) in [7, 11) is 1.29. The van der Waals surface area contributed by atoms with Gasteiger partial charge in [0.25, 0.3) is 5.91 Å². The first kappa shape index (κ1) is 24.5. The number of amides is 3. The Hall–Kier alpha value is -4.18. The highest BCUT2D eigenvalue weighted by Crippen LogP contribution is 2.35. The molecule has 0 saturated heterocycles. The minimum absolute atomic E-state index is 0.00331. The molecule has 2 bridgehead atoms. The van der Waals surface area contributed by atoms with Gasteiger partial charge in [-0.15, -0.1) is 0 Å². The molecule has 3 amide bonds. The van der Waals surface area contributed by atoms with Crippen molar-refractivity contribution in [2.24, 2.45) is 0 Å². The summed E-state index contributed by atoms with van der Waals surface area (Å²) in [4.78, 5) is 48.0. The van der Waals surface area contributed by atoms with E-state index >= 15 is 0 Å². The van der Waals surface area contributed by atoms with Gasteiger partial charge < -0.3 is 25.7 Å². The Morgan fingerprint density at radius 2 is 2.00 bits per heavy atom. The average molecular weight is 504 g/mol. The minimum Gasteiger partial charge on any atom is -0.453 e. The molecule has 10 nitrogen and oxygen atoms in total. The van der Waals surface area contributed by atoms with Crippen LogP contribution in [0.25, 0.3) is 11.3 Å². The van der Waals surface area contributed by atoms with Crippen molar-refractivity contribution in [3.8, 4) is 11.3 Å². The van der Waals surface area contributed by atoms with Gasteiger partial charge in [0.1, 0.15) is 5.82 Å². The lowest BCUT2D eigenvalue weighted by Crippen LogP contribution is -2.47. The Balaban J connectivity index is 1.49. The number of fused-ring (bicyclic) bond motifs is 5. The summed E-state index contributed by atoms with van der Waals surface area (Å²) in [5, 5.41) is 5.59. The molecule has 0 fully saturated rings. The molecule has 1 atom stereocenters. The number of aromatic nitrogens is 2. The van der Waals surface area contributed by atoms with Crippen LogP contribution in [0.5, 0.6) is 0 Å². The number of hydrogen-bond donors (Lipinski definition) is 4. The topological polar surface area (TPSA) is 144 Å². The number of H-pyrrole nitrogens is 1. The van der Waals surface area contributed by atoms with Crippen molar-refractivity contribution in [1.82, 2.24) is 14.9 Å². The maximum absolute atomic E-state index is 13.6. The minimum atomic E-state index is -0.596. The predicted molar refractivity (Wildman–Crippen MR) is 138 cm³/mol. The van der Waals surface area contributed by atoms with E-state index < -0.39 is 6.09 Å². The van der Waals surface area contributed by atoms with Crippen LogP contribution in [-0.2, 0) is 22.5 Å². The molecule has 0 spiro atoms. The fraction of sp³-hybridized carbons (Fsp3) is 0.333. The fourth-order valence-electron chi connectivity index (χ4n) is 5.06. The second-order valence-electron chi connectivity index (χ2n) is 9.36. The van der Waals surface area contributed by atoms with Gasteiger partial charge in [-0.1, -0.05) is 12.5 Å². The van der Waals surface area contributed by atoms with Gasteiger partial charge in [0.2, 0.25) is 5.91 Å². The number of carbonyl (C=O) groups is 3. The van der Waals surface area contributed by atoms with E-state index in [9.17, 15) is 14.4 Å². The predicted octanol–water partition coefficient (Wildman–Crippen LogP) is 3.25. The van der Waals surface area contributed by atoms with Crippen LogP contribution in [0.3, 0.4) is 0 Å². The molecule has 37 heavy (non-hydrogen) atoms. The lowest BCUT2D eigenvalue weighted by Gasteiger charge is -2.35. The van der Waals surface area contributed by atoms with Gasteiger partial charge >= 0.3 is 6.09 Å².